The van der Waals surface area contributed by atoms with E-state index < -0.39 is 0 Å². The van der Waals surface area contributed by atoms with Crippen molar-refractivity contribution < 1.29 is 4.39 Å². The Kier molecular flexibility index (Phi) is 2.76. The molecule has 1 N–H and O–H groups in total. The van der Waals surface area contributed by atoms with Crippen LogP contribution in [-0.2, 0) is 0 Å². The van der Waals surface area contributed by atoms with E-state index in [0.29, 0.717) is 11.5 Å². The second-order valence-corrected chi connectivity index (χ2v) is 3.72. The van der Waals surface area contributed by atoms with Gasteiger partial charge in [0.1, 0.15) is 0 Å². The van der Waals surface area contributed by atoms with Crippen LogP contribution in [0.15, 0.2) is 0 Å². The Labute approximate surface area is 73.2 Å². The average Bonchev–Trinajstić information content (AvgIpc) is 2.70. The van der Waals surface area contributed by atoms with Gasteiger partial charge in [0.05, 0.1) is 6.67 Å². The predicted molar refractivity (Wildman–Crippen MR) is 45.9 cm³/mol. The summed E-state index contributed by atoms with van der Waals surface area (Å²) in [4.78, 5) is 0. The zero-order chi connectivity index (χ0) is 7.03. The molecule has 0 aromatic rings. The van der Waals surface area contributed by atoms with Crippen molar-refractivity contribution in [1.29, 1.82) is 0 Å². The topological polar surface area (TPSA) is 12.0 Å². The van der Waals surface area contributed by atoms with Gasteiger partial charge in [0.2, 0.25) is 0 Å². The second-order valence-electron chi connectivity index (χ2n) is 3.72. The van der Waals surface area contributed by atoms with Gasteiger partial charge in [-0.1, -0.05) is 0 Å². The molecule has 1 unspecified atom stereocenters. The summed E-state index contributed by atoms with van der Waals surface area (Å²) in [5, 5.41) is 3.47. The third kappa shape index (κ3) is 1.85. The SMILES string of the molecule is Cl.FCC1CCNC2(CC2)C1. The van der Waals surface area contributed by atoms with Crippen LogP contribution in [0.5, 0.6) is 0 Å². The van der Waals surface area contributed by atoms with Crippen LogP contribution in [0.4, 0.5) is 4.39 Å². The highest BCUT2D eigenvalue weighted by atomic mass is 35.5. The van der Waals surface area contributed by atoms with Gasteiger partial charge in [0.25, 0.3) is 0 Å². The van der Waals surface area contributed by atoms with Crippen LogP contribution in [0, 0.1) is 5.92 Å². The van der Waals surface area contributed by atoms with Crippen molar-refractivity contribution in [1.82, 2.24) is 5.32 Å². The lowest BCUT2D eigenvalue weighted by molar-refractivity contribution is 0.238. The number of halogens is 2. The van der Waals surface area contributed by atoms with Gasteiger partial charge in [0.15, 0.2) is 0 Å². The fourth-order valence-electron chi connectivity index (χ4n) is 1.93. The zero-order valence-electron chi connectivity index (χ0n) is 6.61. The highest BCUT2D eigenvalue weighted by Gasteiger charge is 2.45. The number of hydrogen-bond donors (Lipinski definition) is 1. The molecule has 0 aromatic heterocycles. The highest BCUT2D eigenvalue weighted by molar-refractivity contribution is 5.85. The van der Waals surface area contributed by atoms with Crippen LogP contribution in [-0.4, -0.2) is 18.8 Å². The second kappa shape index (κ2) is 3.28. The molecular formula is C8H15ClFN. The monoisotopic (exact) mass is 179 g/mol. The normalized spacial score (nSPS) is 33.0. The average molecular weight is 180 g/mol. The molecule has 2 aliphatic rings. The van der Waals surface area contributed by atoms with Crippen LogP contribution < -0.4 is 5.32 Å². The Morgan fingerprint density at radius 3 is 2.73 bits per heavy atom. The smallest absolute Gasteiger partial charge is 0.0923 e. The lowest BCUT2D eigenvalue weighted by Gasteiger charge is -2.28. The van der Waals surface area contributed by atoms with E-state index in [1.165, 1.54) is 12.8 Å². The van der Waals surface area contributed by atoms with Gasteiger partial charge >= 0.3 is 0 Å². The molecule has 2 rings (SSSR count). The molecule has 1 spiro atoms. The quantitative estimate of drug-likeness (QED) is 0.649. The summed E-state index contributed by atoms with van der Waals surface area (Å²) < 4.78 is 12.2. The summed E-state index contributed by atoms with van der Waals surface area (Å²) in [6, 6.07) is 0. The van der Waals surface area contributed by atoms with Gasteiger partial charge < -0.3 is 5.32 Å². The first-order chi connectivity index (χ1) is 4.85. The maximum Gasteiger partial charge on any atom is 0.0923 e. The van der Waals surface area contributed by atoms with Crippen LogP contribution in [0.2, 0.25) is 0 Å². The van der Waals surface area contributed by atoms with E-state index in [1.807, 2.05) is 0 Å². The predicted octanol–water partition coefficient (Wildman–Crippen LogP) is 1.91. The van der Waals surface area contributed by atoms with Crippen LogP contribution in [0.3, 0.4) is 0 Å². The number of alkyl halides is 1. The number of piperidine rings is 1. The van der Waals surface area contributed by atoms with Crippen LogP contribution >= 0.6 is 12.4 Å². The van der Waals surface area contributed by atoms with Crippen molar-refractivity contribution in [2.24, 2.45) is 5.92 Å². The maximum absolute atomic E-state index is 12.2. The Morgan fingerprint density at radius 1 is 1.45 bits per heavy atom. The molecule has 1 heterocycles. The summed E-state index contributed by atoms with van der Waals surface area (Å²) in [5.74, 6) is 0.365. The molecule has 0 radical (unpaired) electrons. The number of nitrogens with one attached hydrogen (secondary N) is 1. The van der Waals surface area contributed by atoms with Gasteiger partial charge in [-0.3, -0.25) is 4.39 Å². The fraction of sp³-hybridized carbons (Fsp3) is 1.00. The van der Waals surface area contributed by atoms with Crippen molar-refractivity contribution in [3.63, 3.8) is 0 Å². The largest absolute Gasteiger partial charge is 0.311 e. The van der Waals surface area contributed by atoms with Crippen molar-refractivity contribution >= 4 is 12.4 Å². The Morgan fingerprint density at radius 2 is 2.18 bits per heavy atom. The molecule has 1 atom stereocenters. The minimum Gasteiger partial charge on any atom is -0.311 e. The Balaban J connectivity index is 0.000000605. The van der Waals surface area contributed by atoms with Crippen LogP contribution in [0.1, 0.15) is 25.7 Å². The van der Waals surface area contributed by atoms with Crippen molar-refractivity contribution in [3.05, 3.63) is 0 Å². The molecule has 1 aliphatic heterocycles. The summed E-state index contributed by atoms with van der Waals surface area (Å²) in [6.07, 6.45) is 4.69. The maximum atomic E-state index is 12.2. The third-order valence-corrected chi connectivity index (χ3v) is 2.80. The fourth-order valence-corrected chi connectivity index (χ4v) is 1.93. The van der Waals surface area contributed by atoms with E-state index in [9.17, 15) is 4.39 Å². The van der Waals surface area contributed by atoms with Gasteiger partial charge in [0, 0.05) is 5.54 Å². The molecule has 11 heavy (non-hydrogen) atoms. The zero-order valence-corrected chi connectivity index (χ0v) is 7.42. The first kappa shape index (κ1) is 9.27. The first-order valence-corrected chi connectivity index (χ1v) is 4.16. The molecule has 0 aromatic carbocycles. The molecular weight excluding hydrogens is 165 g/mol. The molecule has 3 heteroatoms. The van der Waals surface area contributed by atoms with Gasteiger partial charge in [-0.25, -0.2) is 0 Å². The van der Waals surface area contributed by atoms with Crippen molar-refractivity contribution in [2.75, 3.05) is 13.2 Å². The van der Waals surface area contributed by atoms with E-state index in [1.54, 1.807) is 0 Å². The molecule has 1 aliphatic carbocycles. The molecule has 1 nitrogen and oxygen atoms in total. The molecule has 0 bridgehead atoms. The van der Waals surface area contributed by atoms with E-state index in [-0.39, 0.29) is 19.1 Å². The van der Waals surface area contributed by atoms with E-state index in [0.717, 1.165) is 19.4 Å². The van der Waals surface area contributed by atoms with Gasteiger partial charge in [-0.05, 0) is 38.1 Å². The number of rotatable bonds is 1. The summed E-state index contributed by atoms with van der Waals surface area (Å²) in [6.45, 7) is 0.929. The van der Waals surface area contributed by atoms with E-state index in [4.69, 9.17) is 0 Å². The summed E-state index contributed by atoms with van der Waals surface area (Å²) >= 11 is 0. The van der Waals surface area contributed by atoms with Crippen molar-refractivity contribution in [3.8, 4) is 0 Å². The Hall–Kier alpha value is 0.180. The summed E-state index contributed by atoms with van der Waals surface area (Å²) in [5.41, 5.74) is 0.412. The van der Waals surface area contributed by atoms with Gasteiger partial charge in [-0.15, -0.1) is 12.4 Å². The lowest BCUT2D eigenvalue weighted by Crippen LogP contribution is -2.40. The number of hydrogen-bond acceptors (Lipinski definition) is 1. The van der Waals surface area contributed by atoms with Gasteiger partial charge in [-0.2, -0.15) is 0 Å². The minimum absolute atomic E-state index is 0. The van der Waals surface area contributed by atoms with E-state index >= 15 is 0 Å². The third-order valence-electron chi connectivity index (χ3n) is 2.80. The summed E-state index contributed by atoms with van der Waals surface area (Å²) in [7, 11) is 0. The lowest BCUT2D eigenvalue weighted by atomic mass is 9.92. The molecule has 0 amide bonds. The van der Waals surface area contributed by atoms with Crippen LogP contribution in [0.25, 0.3) is 0 Å². The Bertz CT molecular complexity index is 136. The standard InChI is InChI=1S/C8H14FN.ClH/c9-6-7-1-4-10-8(5-7)2-3-8;/h7,10H,1-6H2;1H. The van der Waals surface area contributed by atoms with Crippen molar-refractivity contribution in [2.45, 2.75) is 31.2 Å². The minimum atomic E-state index is -0.108. The molecule has 66 valence electrons. The molecule has 1 saturated heterocycles. The molecule has 2 fully saturated rings. The molecule has 1 saturated carbocycles. The van der Waals surface area contributed by atoms with E-state index in [2.05, 4.69) is 5.32 Å². The highest BCUT2D eigenvalue weighted by Crippen LogP contribution is 2.43. The first-order valence-electron chi connectivity index (χ1n) is 4.16.